The Labute approximate surface area is 91.6 Å². The molecular weight excluding hydrogens is 198 g/mol. The highest BCUT2D eigenvalue weighted by atomic mass is 35.5. The van der Waals surface area contributed by atoms with E-state index in [-0.39, 0.29) is 0 Å². The zero-order valence-corrected chi connectivity index (χ0v) is 9.51. The van der Waals surface area contributed by atoms with Gasteiger partial charge in [0.1, 0.15) is 0 Å². The molecule has 0 radical (unpaired) electrons. The van der Waals surface area contributed by atoms with Crippen LogP contribution in [-0.4, -0.2) is 43.6 Å². The lowest BCUT2D eigenvalue weighted by atomic mass is 9.98. The van der Waals surface area contributed by atoms with E-state index in [4.69, 9.17) is 16.3 Å². The quantitative estimate of drug-likeness (QED) is 0.671. The molecule has 2 aliphatic rings. The van der Waals surface area contributed by atoms with Gasteiger partial charge in [-0.2, -0.15) is 0 Å². The first-order valence-corrected chi connectivity index (χ1v) is 6.28. The summed E-state index contributed by atoms with van der Waals surface area (Å²) in [6.07, 6.45) is 3.90. The summed E-state index contributed by atoms with van der Waals surface area (Å²) in [4.78, 5) is 2.58. The van der Waals surface area contributed by atoms with Crippen molar-refractivity contribution in [1.29, 1.82) is 0 Å². The molecule has 2 saturated heterocycles. The lowest BCUT2D eigenvalue weighted by Gasteiger charge is -2.33. The summed E-state index contributed by atoms with van der Waals surface area (Å²) in [6.45, 7) is 5.65. The number of ether oxygens (including phenoxy) is 1. The highest BCUT2D eigenvalue weighted by molar-refractivity contribution is 6.18. The molecule has 0 aliphatic carbocycles. The first-order chi connectivity index (χ1) is 6.88. The third kappa shape index (κ3) is 2.85. The second-order valence-electron chi connectivity index (χ2n) is 4.65. The summed E-state index contributed by atoms with van der Waals surface area (Å²) < 4.78 is 5.40. The van der Waals surface area contributed by atoms with E-state index in [9.17, 15) is 0 Å². The number of alkyl halides is 1. The molecule has 14 heavy (non-hydrogen) atoms. The molecule has 0 N–H and O–H groups in total. The monoisotopic (exact) mass is 217 g/mol. The van der Waals surface area contributed by atoms with Gasteiger partial charge in [0.15, 0.2) is 0 Å². The van der Waals surface area contributed by atoms with Gasteiger partial charge in [-0.25, -0.2) is 0 Å². The van der Waals surface area contributed by atoms with Gasteiger partial charge in [-0.3, -0.25) is 0 Å². The molecule has 2 unspecified atom stereocenters. The second kappa shape index (κ2) is 5.34. The van der Waals surface area contributed by atoms with Crippen molar-refractivity contribution < 1.29 is 4.74 Å². The Kier molecular flexibility index (Phi) is 4.09. The third-order valence-electron chi connectivity index (χ3n) is 3.36. The van der Waals surface area contributed by atoms with E-state index in [2.05, 4.69) is 4.90 Å². The van der Waals surface area contributed by atoms with E-state index in [0.717, 1.165) is 30.9 Å². The smallest absolute Gasteiger partial charge is 0.0507 e. The first kappa shape index (κ1) is 10.7. The van der Waals surface area contributed by atoms with Crippen LogP contribution in [0.25, 0.3) is 0 Å². The minimum Gasteiger partial charge on any atom is -0.381 e. The summed E-state index contributed by atoms with van der Waals surface area (Å²) in [6, 6.07) is 0. The van der Waals surface area contributed by atoms with E-state index in [0.29, 0.717) is 0 Å². The standard InChI is InChI=1S/C11H20ClNO/c12-6-10-2-1-4-13(7-10)8-11-3-5-14-9-11/h10-11H,1-9H2. The first-order valence-electron chi connectivity index (χ1n) is 5.74. The molecule has 2 atom stereocenters. The highest BCUT2D eigenvalue weighted by Crippen LogP contribution is 2.21. The molecule has 0 aromatic carbocycles. The van der Waals surface area contributed by atoms with Crippen molar-refractivity contribution in [3.05, 3.63) is 0 Å². The number of halogens is 1. The van der Waals surface area contributed by atoms with E-state index < -0.39 is 0 Å². The lowest BCUT2D eigenvalue weighted by Crippen LogP contribution is -2.39. The van der Waals surface area contributed by atoms with Gasteiger partial charge in [0.25, 0.3) is 0 Å². The summed E-state index contributed by atoms with van der Waals surface area (Å²) in [5.74, 6) is 2.34. The van der Waals surface area contributed by atoms with Crippen LogP contribution in [0.15, 0.2) is 0 Å². The fourth-order valence-electron chi connectivity index (χ4n) is 2.54. The van der Waals surface area contributed by atoms with E-state index in [1.54, 1.807) is 0 Å². The molecule has 2 rings (SSSR count). The van der Waals surface area contributed by atoms with Gasteiger partial charge in [0, 0.05) is 25.6 Å². The largest absolute Gasteiger partial charge is 0.381 e. The van der Waals surface area contributed by atoms with Crippen molar-refractivity contribution in [2.24, 2.45) is 11.8 Å². The highest BCUT2D eigenvalue weighted by Gasteiger charge is 2.23. The van der Waals surface area contributed by atoms with Crippen molar-refractivity contribution in [3.8, 4) is 0 Å². The number of likely N-dealkylation sites (tertiary alicyclic amines) is 1. The predicted octanol–water partition coefficient (Wildman–Crippen LogP) is 1.97. The number of piperidine rings is 1. The molecule has 0 amide bonds. The summed E-state index contributed by atoms with van der Waals surface area (Å²) >= 11 is 5.91. The molecule has 3 heteroatoms. The summed E-state index contributed by atoms with van der Waals surface area (Å²) in [5, 5.41) is 0. The van der Waals surface area contributed by atoms with Crippen molar-refractivity contribution in [2.45, 2.75) is 19.3 Å². The van der Waals surface area contributed by atoms with Gasteiger partial charge in [0.2, 0.25) is 0 Å². The Hall–Kier alpha value is 0.210. The van der Waals surface area contributed by atoms with Crippen molar-refractivity contribution in [3.63, 3.8) is 0 Å². The Balaban J connectivity index is 1.73. The van der Waals surface area contributed by atoms with Gasteiger partial charge in [0.05, 0.1) is 6.61 Å². The zero-order valence-electron chi connectivity index (χ0n) is 8.75. The molecule has 0 aromatic heterocycles. The fourth-order valence-corrected chi connectivity index (χ4v) is 2.79. The zero-order chi connectivity index (χ0) is 9.80. The van der Waals surface area contributed by atoms with Crippen LogP contribution in [0.2, 0.25) is 0 Å². The average molecular weight is 218 g/mol. The van der Waals surface area contributed by atoms with E-state index >= 15 is 0 Å². The Morgan fingerprint density at radius 2 is 2.21 bits per heavy atom. The molecule has 2 heterocycles. The Morgan fingerprint density at radius 1 is 1.29 bits per heavy atom. The van der Waals surface area contributed by atoms with Gasteiger partial charge in [-0.15, -0.1) is 11.6 Å². The third-order valence-corrected chi connectivity index (χ3v) is 3.80. The SMILES string of the molecule is ClCC1CCCN(CC2CCOC2)C1. The van der Waals surface area contributed by atoms with E-state index in [1.807, 2.05) is 0 Å². The summed E-state index contributed by atoms with van der Waals surface area (Å²) in [7, 11) is 0. The van der Waals surface area contributed by atoms with Crippen LogP contribution >= 0.6 is 11.6 Å². The number of hydrogen-bond acceptors (Lipinski definition) is 2. The molecule has 82 valence electrons. The molecule has 0 spiro atoms. The van der Waals surface area contributed by atoms with Crippen molar-refractivity contribution >= 4 is 11.6 Å². The Morgan fingerprint density at radius 3 is 2.93 bits per heavy atom. The number of rotatable bonds is 3. The van der Waals surface area contributed by atoms with Gasteiger partial charge in [-0.05, 0) is 37.6 Å². The van der Waals surface area contributed by atoms with Crippen LogP contribution in [0.5, 0.6) is 0 Å². The minimum atomic E-state index is 0.729. The Bertz CT molecular complexity index is 171. The van der Waals surface area contributed by atoms with Gasteiger partial charge >= 0.3 is 0 Å². The minimum absolute atomic E-state index is 0.729. The van der Waals surface area contributed by atoms with Crippen LogP contribution in [0.1, 0.15) is 19.3 Å². The van der Waals surface area contributed by atoms with Crippen LogP contribution in [0.3, 0.4) is 0 Å². The van der Waals surface area contributed by atoms with Crippen LogP contribution in [-0.2, 0) is 4.74 Å². The molecule has 0 bridgehead atoms. The van der Waals surface area contributed by atoms with Crippen molar-refractivity contribution in [1.82, 2.24) is 4.90 Å². The maximum absolute atomic E-state index is 5.91. The van der Waals surface area contributed by atoms with Crippen LogP contribution < -0.4 is 0 Å². The van der Waals surface area contributed by atoms with Gasteiger partial charge in [-0.1, -0.05) is 0 Å². The molecule has 0 saturated carbocycles. The summed E-state index contributed by atoms with van der Waals surface area (Å²) in [5.41, 5.74) is 0. The van der Waals surface area contributed by atoms with Gasteiger partial charge < -0.3 is 9.64 Å². The predicted molar refractivity (Wildman–Crippen MR) is 58.8 cm³/mol. The average Bonchev–Trinajstić information content (AvgIpc) is 2.71. The fraction of sp³-hybridized carbons (Fsp3) is 1.00. The number of hydrogen-bond donors (Lipinski definition) is 0. The second-order valence-corrected chi connectivity index (χ2v) is 4.96. The lowest BCUT2D eigenvalue weighted by molar-refractivity contribution is 0.140. The molecule has 2 fully saturated rings. The van der Waals surface area contributed by atoms with E-state index in [1.165, 1.54) is 38.9 Å². The van der Waals surface area contributed by atoms with Crippen LogP contribution in [0.4, 0.5) is 0 Å². The van der Waals surface area contributed by atoms with Crippen molar-refractivity contribution in [2.75, 3.05) is 38.7 Å². The maximum Gasteiger partial charge on any atom is 0.0507 e. The maximum atomic E-state index is 5.91. The normalized spacial score (nSPS) is 34.9. The molecule has 2 nitrogen and oxygen atoms in total. The molecule has 2 aliphatic heterocycles. The molecule has 0 aromatic rings. The molecular formula is C11H20ClNO. The number of nitrogens with zero attached hydrogens (tertiary/aromatic N) is 1. The topological polar surface area (TPSA) is 12.5 Å². The van der Waals surface area contributed by atoms with Crippen LogP contribution in [0, 0.1) is 11.8 Å².